The normalized spacial score (nSPS) is 12.5. The van der Waals surface area contributed by atoms with Crippen LogP contribution in [0.5, 0.6) is 0 Å². The van der Waals surface area contributed by atoms with Crippen LogP contribution in [0.3, 0.4) is 0 Å². The Morgan fingerprint density at radius 2 is 2.11 bits per heavy atom. The van der Waals surface area contributed by atoms with Crippen molar-refractivity contribution in [1.29, 1.82) is 0 Å². The van der Waals surface area contributed by atoms with Crippen LogP contribution in [0, 0.1) is 0 Å². The summed E-state index contributed by atoms with van der Waals surface area (Å²) in [6.45, 7) is 2.19. The maximum atomic E-state index is 10.2. The highest BCUT2D eigenvalue weighted by Gasteiger charge is 2.10. The summed E-state index contributed by atoms with van der Waals surface area (Å²) in [5.41, 5.74) is 1.95. The van der Waals surface area contributed by atoms with Gasteiger partial charge in [0.15, 0.2) is 0 Å². The molecule has 0 radical (unpaired) electrons. The van der Waals surface area contributed by atoms with E-state index in [1.807, 2.05) is 42.1 Å². The highest BCUT2D eigenvalue weighted by molar-refractivity contribution is 7.98. The maximum absolute atomic E-state index is 10.2. The number of thiazole rings is 1. The van der Waals surface area contributed by atoms with Crippen molar-refractivity contribution in [2.45, 2.75) is 31.6 Å². The minimum atomic E-state index is -0.459. The quantitative estimate of drug-likeness (QED) is 0.781. The molecule has 2 aromatic rings. The van der Waals surface area contributed by atoms with Crippen LogP contribution in [-0.2, 0) is 12.2 Å². The summed E-state index contributed by atoms with van der Waals surface area (Å²) in [5, 5.41) is 13.4. The SMILES string of the molecule is CCCSCc1nc(CC(O)c2ccccc2)cs1. The number of thioether (sulfide) groups is 1. The Bertz CT molecular complexity index is 484. The van der Waals surface area contributed by atoms with E-state index in [-0.39, 0.29) is 0 Å². The second-order valence-corrected chi connectivity index (χ2v) is 6.46. The zero-order valence-corrected chi connectivity index (χ0v) is 12.7. The van der Waals surface area contributed by atoms with Crippen LogP contribution in [0.2, 0.25) is 0 Å². The van der Waals surface area contributed by atoms with Gasteiger partial charge in [0.2, 0.25) is 0 Å². The molecule has 19 heavy (non-hydrogen) atoms. The van der Waals surface area contributed by atoms with Gasteiger partial charge in [-0.15, -0.1) is 11.3 Å². The predicted molar refractivity (Wildman–Crippen MR) is 83.7 cm³/mol. The molecule has 0 spiro atoms. The number of nitrogens with zero attached hydrogens (tertiary/aromatic N) is 1. The molecule has 1 unspecified atom stereocenters. The van der Waals surface area contributed by atoms with E-state index in [1.54, 1.807) is 11.3 Å². The zero-order chi connectivity index (χ0) is 13.5. The van der Waals surface area contributed by atoms with Crippen molar-refractivity contribution in [3.05, 3.63) is 52.0 Å². The molecule has 0 saturated heterocycles. The van der Waals surface area contributed by atoms with E-state index in [2.05, 4.69) is 17.3 Å². The Hall–Kier alpha value is -0.840. The van der Waals surface area contributed by atoms with E-state index in [0.717, 1.165) is 22.0 Å². The fourth-order valence-corrected chi connectivity index (χ4v) is 3.59. The fraction of sp³-hybridized carbons (Fsp3) is 0.400. The van der Waals surface area contributed by atoms with Gasteiger partial charge in [0.05, 0.1) is 11.8 Å². The monoisotopic (exact) mass is 293 g/mol. The third kappa shape index (κ3) is 4.64. The standard InChI is InChI=1S/C15H19NOS2/c1-2-8-18-11-15-16-13(10-19-15)9-14(17)12-6-4-3-5-7-12/h3-7,10,14,17H,2,8-9,11H2,1H3. The molecular weight excluding hydrogens is 274 g/mol. The number of rotatable bonds is 7. The van der Waals surface area contributed by atoms with E-state index in [0.29, 0.717) is 6.42 Å². The third-order valence-electron chi connectivity index (χ3n) is 2.76. The van der Waals surface area contributed by atoms with Gasteiger partial charge in [0.1, 0.15) is 5.01 Å². The van der Waals surface area contributed by atoms with Gasteiger partial charge in [-0.3, -0.25) is 0 Å². The van der Waals surface area contributed by atoms with Crippen molar-refractivity contribution in [3.63, 3.8) is 0 Å². The van der Waals surface area contributed by atoms with Gasteiger partial charge in [-0.05, 0) is 17.7 Å². The summed E-state index contributed by atoms with van der Waals surface area (Å²) in [7, 11) is 0. The Labute approximate surface area is 122 Å². The molecule has 0 fully saturated rings. The van der Waals surface area contributed by atoms with Crippen LogP contribution in [0.15, 0.2) is 35.7 Å². The first-order valence-corrected chi connectivity index (χ1v) is 8.57. The average molecular weight is 293 g/mol. The first kappa shape index (κ1) is 14.6. The van der Waals surface area contributed by atoms with Crippen molar-refractivity contribution < 1.29 is 5.11 Å². The minimum absolute atomic E-state index is 0.459. The van der Waals surface area contributed by atoms with Crippen molar-refractivity contribution in [2.75, 3.05) is 5.75 Å². The summed E-state index contributed by atoms with van der Waals surface area (Å²) >= 11 is 3.61. The fourth-order valence-electron chi connectivity index (χ4n) is 1.80. The second kappa shape index (κ2) is 7.68. The molecule has 2 nitrogen and oxygen atoms in total. The molecule has 0 aliphatic rings. The van der Waals surface area contributed by atoms with Gasteiger partial charge in [0, 0.05) is 17.6 Å². The molecule has 102 valence electrons. The first-order chi connectivity index (χ1) is 9.29. The molecule has 0 aliphatic carbocycles. The van der Waals surface area contributed by atoms with Crippen molar-refractivity contribution in [3.8, 4) is 0 Å². The maximum Gasteiger partial charge on any atom is 0.103 e. The Kier molecular flexibility index (Phi) is 5.89. The van der Waals surface area contributed by atoms with Gasteiger partial charge >= 0.3 is 0 Å². The topological polar surface area (TPSA) is 33.1 Å². The molecule has 0 saturated carbocycles. The van der Waals surface area contributed by atoms with Crippen LogP contribution >= 0.6 is 23.1 Å². The van der Waals surface area contributed by atoms with Gasteiger partial charge in [-0.2, -0.15) is 11.8 Å². The molecular formula is C15H19NOS2. The predicted octanol–water partition coefficient (Wildman–Crippen LogP) is 4.06. The van der Waals surface area contributed by atoms with Gasteiger partial charge in [-0.25, -0.2) is 4.98 Å². The highest BCUT2D eigenvalue weighted by atomic mass is 32.2. The number of benzene rings is 1. The highest BCUT2D eigenvalue weighted by Crippen LogP contribution is 2.22. The smallest absolute Gasteiger partial charge is 0.103 e. The lowest BCUT2D eigenvalue weighted by Gasteiger charge is -2.08. The van der Waals surface area contributed by atoms with Crippen LogP contribution in [-0.4, -0.2) is 15.8 Å². The lowest BCUT2D eigenvalue weighted by molar-refractivity contribution is 0.177. The van der Waals surface area contributed by atoms with Crippen LogP contribution in [0.25, 0.3) is 0 Å². The van der Waals surface area contributed by atoms with Crippen molar-refractivity contribution >= 4 is 23.1 Å². The molecule has 0 aliphatic heterocycles. The molecule has 4 heteroatoms. The Balaban J connectivity index is 1.89. The average Bonchev–Trinajstić information content (AvgIpc) is 2.88. The van der Waals surface area contributed by atoms with E-state index < -0.39 is 6.10 Å². The number of hydrogen-bond donors (Lipinski definition) is 1. The molecule has 0 bridgehead atoms. The van der Waals surface area contributed by atoms with Gasteiger partial charge < -0.3 is 5.11 Å². The Morgan fingerprint density at radius 3 is 2.84 bits per heavy atom. The van der Waals surface area contributed by atoms with E-state index in [1.165, 1.54) is 12.2 Å². The minimum Gasteiger partial charge on any atom is -0.388 e. The summed E-state index contributed by atoms with van der Waals surface area (Å²) in [4.78, 5) is 4.59. The van der Waals surface area contributed by atoms with Gasteiger partial charge in [-0.1, -0.05) is 37.3 Å². The molecule has 1 aromatic heterocycles. The van der Waals surface area contributed by atoms with E-state index in [4.69, 9.17) is 0 Å². The van der Waals surface area contributed by atoms with Crippen LogP contribution in [0.4, 0.5) is 0 Å². The zero-order valence-electron chi connectivity index (χ0n) is 11.1. The number of aromatic nitrogens is 1. The van der Waals surface area contributed by atoms with E-state index >= 15 is 0 Å². The third-order valence-corrected chi connectivity index (χ3v) is 5.01. The Morgan fingerprint density at radius 1 is 1.32 bits per heavy atom. The summed E-state index contributed by atoms with van der Waals surface area (Å²) in [5.74, 6) is 2.17. The largest absolute Gasteiger partial charge is 0.388 e. The summed E-state index contributed by atoms with van der Waals surface area (Å²) in [6, 6.07) is 9.77. The molecule has 0 amide bonds. The van der Waals surface area contributed by atoms with Gasteiger partial charge in [0.25, 0.3) is 0 Å². The molecule has 1 atom stereocenters. The summed E-state index contributed by atoms with van der Waals surface area (Å²) in [6.07, 6.45) is 1.34. The lowest BCUT2D eigenvalue weighted by Crippen LogP contribution is -2.01. The van der Waals surface area contributed by atoms with Crippen molar-refractivity contribution in [2.24, 2.45) is 0 Å². The van der Waals surface area contributed by atoms with Crippen LogP contribution in [0.1, 0.15) is 35.7 Å². The van der Waals surface area contributed by atoms with Crippen LogP contribution < -0.4 is 0 Å². The molecule has 1 aromatic carbocycles. The molecule has 1 N–H and O–H groups in total. The second-order valence-electron chi connectivity index (χ2n) is 4.42. The molecule has 1 heterocycles. The summed E-state index contributed by atoms with van der Waals surface area (Å²) < 4.78 is 0. The van der Waals surface area contributed by atoms with Crippen molar-refractivity contribution in [1.82, 2.24) is 4.98 Å². The number of aliphatic hydroxyl groups excluding tert-OH is 1. The number of aliphatic hydroxyl groups is 1. The number of hydrogen-bond acceptors (Lipinski definition) is 4. The molecule has 2 rings (SSSR count). The van der Waals surface area contributed by atoms with E-state index in [9.17, 15) is 5.11 Å². The lowest BCUT2D eigenvalue weighted by atomic mass is 10.1. The first-order valence-electron chi connectivity index (χ1n) is 6.53.